The Morgan fingerprint density at radius 1 is 1.12 bits per heavy atom. The van der Waals surface area contributed by atoms with E-state index in [2.05, 4.69) is 34.5 Å². The molecule has 5 heteroatoms. The van der Waals surface area contributed by atoms with Crippen LogP contribution in [-0.4, -0.2) is 30.2 Å². The predicted octanol–water partition coefficient (Wildman–Crippen LogP) is 3.17. The van der Waals surface area contributed by atoms with Crippen LogP contribution in [0.25, 0.3) is 11.0 Å². The zero-order chi connectivity index (χ0) is 16.1. The second-order valence-electron chi connectivity index (χ2n) is 6.29. The summed E-state index contributed by atoms with van der Waals surface area (Å²) in [4.78, 5) is 12.1. The standard InChI is InChI=1S/C19H18N4O/c1-24-13-6-7-15-16(10-13)21-18-19(22-15)23-9-8-12-4-2-3-5-14(12)17(23)11-20-18/h2-7,10,17H,8-9,11H2,1H3,(H,20,21). The van der Waals surface area contributed by atoms with Crippen molar-refractivity contribution in [2.24, 2.45) is 0 Å². The van der Waals surface area contributed by atoms with Crippen molar-refractivity contribution < 1.29 is 4.74 Å². The molecule has 0 radical (unpaired) electrons. The van der Waals surface area contributed by atoms with Gasteiger partial charge in [0.05, 0.1) is 24.2 Å². The number of nitrogens with one attached hydrogen (secondary N) is 1. The second kappa shape index (κ2) is 5.09. The Hall–Kier alpha value is -2.82. The van der Waals surface area contributed by atoms with Crippen molar-refractivity contribution >= 4 is 22.7 Å². The molecule has 0 amide bonds. The smallest absolute Gasteiger partial charge is 0.172 e. The van der Waals surface area contributed by atoms with Gasteiger partial charge in [-0.1, -0.05) is 24.3 Å². The van der Waals surface area contributed by atoms with Gasteiger partial charge in [0, 0.05) is 19.2 Å². The summed E-state index contributed by atoms with van der Waals surface area (Å²) in [6.07, 6.45) is 1.05. The molecule has 0 bridgehead atoms. The SMILES string of the molecule is COc1ccc2nc3c(nc2c1)NCC1c2ccccc2CCN31. The quantitative estimate of drug-likeness (QED) is 0.747. The molecule has 1 aromatic heterocycles. The van der Waals surface area contributed by atoms with Gasteiger partial charge in [0.25, 0.3) is 0 Å². The van der Waals surface area contributed by atoms with Gasteiger partial charge in [-0.15, -0.1) is 0 Å². The van der Waals surface area contributed by atoms with Gasteiger partial charge in [0.2, 0.25) is 0 Å². The third-order valence-corrected chi connectivity index (χ3v) is 5.00. The summed E-state index contributed by atoms with van der Waals surface area (Å²) in [5, 5.41) is 3.48. The largest absolute Gasteiger partial charge is 0.497 e. The van der Waals surface area contributed by atoms with E-state index < -0.39 is 0 Å². The van der Waals surface area contributed by atoms with Gasteiger partial charge in [-0.05, 0) is 29.7 Å². The summed E-state index contributed by atoms with van der Waals surface area (Å²) in [5.41, 5.74) is 4.60. The Kier molecular flexibility index (Phi) is 2.89. The van der Waals surface area contributed by atoms with E-state index in [9.17, 15) is 0 Å². The summed E-state index contributed by atoms with van der Waals surface area (Å²) in [6, 6.07) is 14.9. The molecule has 5 rings (SSSR count). The molecule has 2 aliphatic heterocycles. The zero-order valence-corrected chi connectivity index (χ0v) is 13.5. The third-order valence-electron chi connectivity index (χ3n) is 5.00. The molecule has 1 N–H and O–H groups in total. The van der Waals surface area contributed by atoms with E-state index in [0.29, 0.717) is 6.04 Å². The first-order valence-corrected chi connectivity index (χ1v) is 8.27. The van der Waals surface area contributed by atoms with Crippen molar-refractivity contribution in [1.82, 2.24) is 9.97 Å². The Labute approximate surface area is 140 Å². The van der Waals surface area contributed by atoms with Gasteiger partial charge in [-0.25, -0.2) is 9.97 Å². The highest BCUT2D eigenvalue weighted by Crippen LogP contribution is 2.40. The van der Waals surface area contributed by atoms with Gasteiger partial charge in [-0.3, -0.25) is 0 Å². The predicted molar refractivity (Wildman–Crippen MR) is 94.8 cm³/mol. The van der Waals surface area contributed by atoms with Crippen molar-refractivity contribution in [3.63, 3.8) is 0 Å². The van der Waals surface area contributed by atoms with Crippen LogP contribution in [0, 0.1) is 0 Å². The Balaban J connectivity index is 1.63. The van der Waals surface area contributed by atoms with Crippen molar-refractivity contribution in [2.45, 2.75) is 12.5 Å². The molecule has 120 valence electrons. The molecular formula is C19H18N4O. The molecular weight excluding hydrogens is 300 g/mol. The maximum Gasteiger partial charge on any atom is 0.172 e. The number of hydrogen-bond donors (Lipinski definition) is 1. The first-order valence-electron chi connectivity index (χ1n) is 8.27. The minimum atomic E-state index is 0.326. The first kappa shape index (κ1) is 13.6. The highest BCUT2D eigenvalue weighted by Gasteiger charge is 2.33. The lowest BCUT2D eigenvalue weighted by Gasteiger charge is -2.42. The van der Waals surface area contributed by atoms with Crippen LogP contribution >= 0.6 is 0 Å². The molecule has 24 heavy (non-hydrogen) atoms. The fourth-order valence-electron chi connectivity index (χ4n) is 3.79. The zero-order valence-electron chi connectivity index (χ0n) is 13.5. The van der Waals surface area contributed by atoms with Gasteiger partial charge >= 0.3 is 0 Å². The molecule has 3 aromatic rings. The Morgan fingerprint density at radius 3 is 2.96 bits per heavy atom. The van der Waals surface area contributed by atoms with E-state index in [0.717, 1.165) is 47.9 Å². The summed E-state index contributed by atoms with van der Waals surface area (Å²) in [5.74, 6) is 2.63. The topological polar surface area (TPSA) is 50.3 Å². The molecule has 1 atom stereocenters. The van der Waals surface area contributed by atoms with Crippen molar-refractivity contribution in [3.8, 4) is 5.75 Å². The fraction of sp³-hybridized carbons (Fsp3) is 0.263. The first-order chi connectivity index (χ1) is 11.8. The summed E-state index contributed by atoms with van der Waals surface area (Å²) >= 11 is 0. The number of aromatic nitrogens is 2. The Morgan fingerprint density at radius 2 is 2.04 bits per heavy atom. The number of fused-ring (bicyclic) bond motifs is 6. The lowest BCUT2D eigenvalue weighted by Crippen LogP contribution is -2.43. The van der Waals surface area contributed by atoms with Gasteiger partial charge in [-0.2, -0.15) is 0 Å². The monoisotopic (exact) mass is 318 g/mol. The highest BCUT2D eigenvalue weighted by molar-refractivity contribution is 5.82. The van der Waals surface area contributed by atoms with Gasteiger partial charge in [0.1, 0.15) is 5.75 Å². The second-order valence-corrected chi connectivity index (χ2v) is 6.29. The lowest BCUT2D eigenvalue weighted by molar-refractivity contribution is 0.415. The van der Waals surface area contributed by atoms with E-state index in [1.165, 1.54) is 11.1 Å². The molecule has 0 aliphatic carbocycles. The normalized spacial score (nSPS) is 18.4. The number of benzene rings is 2. The minimum absolute atomic E-state index is 0.326. The van der Waals surface area contributed by atoms with Crippen molar-refractivity contribution in [3.05, 3.63) is 53.6 Å². The number of methoxy groups -OCH3 is 1. The molecule has 2 aromatic carbocycles. The van der Waals surface area contributed by atoms with Crippen molar-refractivity contribution in [1.29, 1.82) is 0 Å². The number of ether oxygens (including phenoxy) is 1. The van der Waals surface area contributed by atoms with Gasteiger partial charge < -0.3 is 15.0 Å². The summed E-state index contributed by atoms with van der Waals surface area (Å²) in [6.45, 7) is 1.83. The van der Waals surface area contributed by atoms with Crippen LogP contribution in [0.4, 0.5) is 11.6 Å². The van der Waals surface area contributed by atoms with Crippen LogP contribution < -0.4 is 15.0 Å². The fourth-order valence-corrected chi connectivity index (χ4v) is 3.79. The highest BCUT2D eigenvalue weighted by atomic mass is 16.5. The maximum atomic E-state index is 5.29. The van der Waals surface area contributed by atoms with Crippen LogP contribution in [0.5, 0.6) is 5.75 Å². The summed E-state index contributed by atoms with van der Waals surface area (Å²) < 4.78 is 5.29. The molecule has 0 saturated heterocycles. The van der Waals surface area contributed by atoms with Crippen molar-refractivity contribution in [2.75, 3.05) is 30.4 Å². The van der Waals surface area contributed by atoms with Crippen LogP contribution in [0.3, 0.4) is 0 Å². The number of rotatable bonds is 1. The lowest BCUT2D eigenvalue weighted by atomic mass is 9.91. The number of anilines is 2. The molecule has 3 heterocycles. The molecule has 0 saturated carbocycles. The van der Waals surface area contributed by atoms with Crippen LogP contribution in [0.15, 0.2) is 42.5 Å². The molecule has 5 nitrogen and oxygen atoms in total. The molecule has 1 unspecified atom stereocenters. The number of nitrogens with zero attached hydrogens (tertiary/aromatic N) is 3. The number of hydrogen-bond acceptors (Lipinski definition) is 5. The Bertz CT molecular complexity index is 940. The summed E-state index contributed by atoms with van der Waals surface area (Å²) in [7, 11) is 1.67. The van der Waals surface area contributed by atoms with Crippen LogP contribution in [-0.2, 0) is 6.42 Å². The average Bonchev–Trinajstić information content (AvgIpc) is 2.65. The van der Waals surface area contributed by atoms with Gasteiger partial charge in [0.15, 0.2) is 11.6 Å². The average molecular weight is 318 g/mol. The van der Waals surface area contributed by atoms with E-state index in [1.54, 1.807) is 7.11 Å². The maximum absolute atomic E-state index is 5.29. The van der Waals surface area contributed by atoms with E-state index >= 15 is 0 Å². The van der Waals surface area contributed by atoms with E-state index in [4.69, 9.17) is 14.7 Å². The molecule has 2 aliphatic rings. The van der Waals surface area contributed by atoms with Crippen LogP contribution in [0.2, 0.25) is 0 Å². The van der Waals surface area contributed by atoms with E-state index in [1.807, 2.05) is 18.2 Å². The molecule has 0 spiro atoms. The minimum Gasteiger partial charge on any atom is -0.497 e. The van der Waals surface area contributed by atoms with Crippen LogP contribution in [0.1, 0.15) is 17.2 Å². The molecule has 0 fully saturated rings. The third kappa shape index (κ3) is 1.94. The van der Waals surface area contributed by atoms with E-state index in [-0.39, 0.29) is 0 Å².